The Morgan fingerprint density at radius 1 is 1.22 bits per heavy atom. The number of ether oxygens (including phenoxy) is 1. The molecule has 2 aliphatic heterocycles. The Bertz CT molecular complexity index is 686. The Balaban J connectivity index is 1.38. The van der Waals surface area contributed by atoms with Crippen LogP contribution >= 0.6 is 15.9 Å². The summed E-state index contributed by atoms with van der Waals surface area (Å²) in [6, 6.07) is 6.44. The van der Waals surface area contributed by atoms with Crippen LogP contribution in [0, 0.1) is 11.2 Å². The molecule has 0 radical (unpaired) electrons. The fourth-order valence-electron chi connectivity index (χ4n) is 3.53. The van der Waals surface area contributed by atoms with Gasteiger partial charge in [0.15, 0.2) is 0 Å². The largest absolute Gasteiger partial charge is 0.381 e. The van der Waals surface area contributed by atoms with Crippen molar-refractivity contribution in [1.29, 1.82) is 0 Å². The lowest BCUT2D eigenvalue weighted by Crippen LogP contribution is -2.57. The molecule has 0 N–H and O–H groups in total. The zero-order valence-electron chi connectivity index (χ0n) is 12.8. The van der Waals surface area contributed by atoms with E-state index in [1.54, 1.807) is 12.1 Å². The summed E-state index contributed by atoms with van der Waals surface area (Å²) < 4.78 is 21.6. The van der Waals surface area contributed by atoms with E-state index < -0.39 is 0 Å². The number of nitrogens with zero attached hydrogens (tertiary/aromatic N) is 3. The zero-order chi connectivity index (χ0) is 15.9. The van der Waals surface area contributed by atoms with Crippen LogP contribution in [0.25, 0.3) is 11.3 Å². The fraction of sp³-hybridized carbons (Fsp3) is 0.471. The van der Waals surface area contributed by atoms with Crippen LogP contribution in [0.2, 0.25) is 0 Å². The topological polar surface area (TPSA) is 30.3 Å². The highest BCUT2D eigenvalue weighted by atomic mass is 79.9. The monoisotopic (exact) mass is 379 g/mol. The molecule has 2 fully saturated rings. The number of aromatic nitrogens is 2. The second-order valence-corrected chi connectivity index (χ2v) is 7.35. The van der Waals surface area contributed by atoms with Crippen molar-refractivity contribution < 1.29 is 9.13 Å². The second kappa shape index (κ2) is 6.00. The van der Waals surface area contributed by atoms with Crippen molar-refractivity contribution in [3.8, 4) is 11.3 Å². The van der Waals surface area contributed by atoms with Crippen LogP contribution in [0.1, 0.15) is 6.42 Å². The van der Waals surface area contributed by atoms with Gasteiger partial charge < -0.3 is 14.2 Å². The molecule has 23 heavy (non-hydrogen) atoms. The first kappa shape index (κ1) is 15.3. The predicted octanol–water partition coefficient (Wildman–Crippen LogP) is 3.17. The third-order valence-electron chi connectivity index (χ3n) is 4.85. The summed E-state index contributed by atoms with van der Waals surface area (Å²) in [6.07, 6.45) is 3.05. The molecule has 1 aromatic heterocycles. The van der Waals surface area contributed by atoms with Crippen LogP contribution in [0.15, 0.2) is 35.2 Å². The maximum absolute atomic E-state index is 13.0. The molecule has 122 valence electrons. The maximum atomic E-state index is 13.0. The number of rotatable bonds is 4. The molecule has 2 saturated heterocycles. The van der Waals surface area contributed by atoms with Crippen molar-refractivity contribution in [2.45, 2.75) is 13.0 Å². The van der Waals surface area contributed by atoms with E-state index in [0.717, 1.165) is 55.3 Å². The number of halogens is 2. The summed E-state index contributed by atoms with van der Waals surface area (Å²) in [5.74, 6) is -0.230. The van der Waals surface area contributed by atoms with Gasteiger partial charge in [0.2, 0.25) is 0 Å². The first-order valence-corrected chi connectivity index (χ1v) is 8.71. The van der Waals surface area contributed by atoms with Crippen molar-refractivity contribution in [2.24, 2.45) is 5.41 Å². The first-order chi connectivity index (χ1) is 11.2. The molecule has 0 aliphatic carbocycles. The lowest BCUT2D eigenvalue weighted by molar-refractivity contribution is -0.00852. The van der Waals surface area contributed by atoms with Crippen LogP contribution in [0.3, 0.4) is 0 Å². The van der Waals surface area contributed by atoms with Crippen molar-refractivity contribution in [3.63, 3.8) is 0 Å². The molecule has 0 amide bonds. The molecule has 3 heterocycles. The van der Waals surface area contributed by atoms with Crippen LogP contribution in [0.5, 0.6) is 0 Å². The van der Waals surface area contributed by atoms with E-state index in [0.29, 0.717) is 5.41 Å². The average molecular weight is 380 g/mol. The second-order valence-electron chi connectivity index (χ2n) is 6.60. The summed E-state index contributed by atoms with van der Waals surface area (Å²) in [6.45, 7) is 6.04. The van der Waals surface area contributed by atoms with Gasteiger partial charge in [0.1, 0.15) is 16.1 Å². The number of likely N-dealkylation sites (tertiary alicyclic amines) is 1. The fourth-order valence-corrected chi connectivity index (χ4v) is 4.13. The van der Waals surface area contributed by atoms with Gasteiger partial charge in [-0.25, -0.2) is 9.37 Å². The maximum Gasteiger partial charge on any atom is 0.123 e. The van der Waals surface area contributed by atoms with Crippen molar-refractivity contribution in [1.82, 2.24) is 14.5 Å². The van der Waals surface area contributed by atoms with Crippen LogP contribution in [-0.4, -0.2) is 47.3 Å². The highest BCUT2D eigenvalue weighted by Crippen LogP contribution is 2.38. The summed E-state index contributed by atoms with van der Waals surface area (Å²) >= 11 is 3.62. The van der Waals surface area contributed by atoms with Crippen molar-refractivity contribution in [3.05, 3.63) is 41.0 Å². The Morgan fingerprint density at radius 3 is 2.70 bits per heavy atom. The zero-order valence-corrected chi connectivity index (χ0v) is 14.4. The van der Waals surface area contributed by atoms with E-state index in [-0.39, 0.29) is 5.82 Å². The van der Waals surface area contributed by atoms with E-state index in [1.165, 1.54) is 18.6 Å². The quantitative estimate of drug-likeness (QED) is 0.817. The molecular weight excluding hydrogens is 361 g/mol. The summed E-state index contributed by atoms with van der Waals surface area (Å²) in [4.78, 5) is 6.93. The Kier molecular flexibility index (Phi) is 3.99. The molecule has 1 spiro atoms. The Labute approximate surface area is 143 Å². The molecule has 0 bridgehead atoms. The number of hydrogen-bond acceptors (Lipinski definition) is 3. The normalized spacial score (nSPS) is 20.1. The Hall–Kier alpha value is -1.24. The van der Waals surface area contributed by atoms with E-state index in [4.69, 9.17) is 4.74 Å². The lowest BCUT2D eigenvalue weighted by Gasteiger charge is -2.47. The first-order valence-electron chi connectivity index (χ1n) is 7.92. The molecule has 4 rings (SSSR count). The number of benzene rings is 1. The van der Waals surface area contributed by atoms with Gasteiger partial charge in [-0.1, -0.05) is 0 Å². The van der Waals surface area contributed by atoms with Gasteiger partial charge >= 0.3 is 0 Å². The van der Waals surface area contributed by atoms with E-state index >= 15 is 0 Å². The lowest BCUT2D eigenvalue weighted by atomic mass is 9.79. The molecule has 2 aliphatic rings. The minimum absolute atomic E-state index is 0.230. The van der Waals surface area contributed by atoms with E-state index in [1.807, 2.05) is 6.33 Å². The van der Waals surface area contributed by atoms with Crippen LogP contribution < -0.4 is 0 Å². The molecule has 4 nitrogen and oxygen atoms in total. The van der Waals surface area contributed by atoms with Gasteiger partial charge in [-0.15, -0.1) is 0 Å². The highest BCUT2D eigenvalue weighted by molar-refractivity contribution is 9.10. The molecule has 0 saturated carbocycles. The number of hydrogen-bond donors (Lipinski definition) is 0. The molecular formula is C17H19BrFN3O. The van der Waals surface area contributed by atoms with Crippen molar-refractivity contribution >= 4 is 15.9 Å². The van der Waals surface area contributed by atoms with E-state index in [9.17, 15) is 4.39 Å². The summed E-state index contributed by atoms with van der Waals surface area (Å²) in [5.41, 5.74) is 2.21. The minimum atomic E-state index is -0.230. The average Bonchev–Trinajstić information content (AvgIpc) is 3.13. The Morgan fingerprint density at radius 2 is 2.00 bits per heavy atom. The van der Waals surface area contributed by atoms with Gasteiger partial charge in [0.25, 0.3) is 0 Å². The third kappa shape index (κ3) is 2.95. The van der Waals surface area contributed by atoms with Crippen LogP contribution in [0.4, 0.5) is 4.39 Å². The van der Waals surface area contributed by atoms with Gasteiger partial charge in [-0.05, 0) is 46.6 Å². The molecule has 0 atom stereocenters. The van der Waals surface area contributed by atoms with Gasteiger partial charge in [-0.2, -0.15) is 0 Å². The minimum Gasteiger partial charge on any atom is -0.381 e. The molecule has 1 aromatic carbocycles. The third-order valence-corrected chi connectivity index (χ3v) is 5.68. The summed E-state index contributed by atoms with van der Waals surface area (Å²) in [5, 5.41) is 0. The predicted molar refractivity (Wildman–Crippen MR) is 89.6 cm³/mol. The van der Waals surface area contributed by atoms with Gasteiger partial charge in [0, 0.05) is 43.8 Å². The molecule has 2 aromatic rings. The van der Waals surface area contributed by atoms with Crippen molar-refractivity contribution in [2.75, 3.05) is 32.8 Å². The molecule has 6 heteroatoms. The standard InChI is InChI=1S/C17H19BrFN3O/c18-16-15(13-1-3-14(19)4-2-13)20-12-22(16)7-6-21-9-17(10-21)5-8-23-11-17/h1-4,12H,5-11H2. The summed E-state index contributed by atoms with van der Waals surface area (Å²) in [7, 11) is 0. The SMILES string of the molecule is Fc1ccc(-c2ncn(CCN3CC4(CCOC4)C3)c2Br)cc1. The van der Waals surface area contributed by atoms with E-state index in [2.05, 4.69) is 30.4 Å². The van der Waals surface area contributed by atoms with Gasteiger partial charge in [0.05, 0.1) is 12.9 Å². The van der Waals surface area contributed by atoms with Crippen LogP contribution in [-0.2, 0) is 11.3 Å². The number of imidazole rings is 1. The highest BCUT2D eigenvalue weighted by Gasteiger charge is 2.45. The smallest absolute Gasteiger partial charge is 0.123 e. The van der Waals surface area contributed by atoms with Gasteiger partial charge in [-0.3, -0.25) is 0 Å². The molecule has 0 unspecified atom stereocenters.